The van der Waals surface area contributed by atoms with Crippen LogP contribution >= 0.6 is 0 Å². The minimum atomic E-state index is -0.156. The number of benzene rings is 2. The molecule has 1 atom stereocenters. The predicted molar refractivity (Wildman–Crippen MR) is 118 cm³/mol. The van der Waals surface area contributed by atoms with Crippen LogP contribution in [-0.4, -0.2) is 49.0 Å². The fourth-order valence-electron chi connectivity index (χ4n) is 3.71. The van der Waals surface area contributed by atoms with Crippen LogP contribution in [0, 0.1) is 0 Å². The van der Waals surface area contributed by atoms with Crippen molar-refractivity contribution in [3.05, 3.63) is 78.6 Å². The van der Waals surface area contributed by atoms with E-state index in [2.05, 4.69) is 46.3 Å². The quantitative estimate of drug-likeness (QED) is 0.716. The van der Waals surface area contributed by atoms with Gasteiger partial charge in [0.25, 0.3) is 5.91 Å². The molecule has 1 amide bonds. The van der Waals surface area contributed by atoms with E-state index in [9.17, 15) is 4.79 Å². The van der Waals surface area contributed by atoms with E-state index >= 15 is 0 Å². The number of hydrogen-bond donors (Lipinski definition) is 1. The number of hydrogen-bond acceptors (Lipinski definition) is 4. The molecular weight excluding hydrogens is 360 g/mol. The predicted octanol–water partition coefficient (Wildman–Crippen LogP) is 4.14. The average Bonchev–Trinajstić information content (AvgIpc) is 3.26. The van der Waals surface area contributed by atoms with Gasteiger partial charge < -0.3 is 15.1 Å². The molecule has 1 aliphatic rings. The van der Waals surface area contributed by atoms with Gasteiger partial charge in [0.05, 0.1) is 5.56 Å². The Bertz CT molecular complexity index is 970. The molecule has 5 heteroatoms. The van der Waals surface area contributed by atoms with Crippen molar-refractivity contribution in [2.24, 2.45) is 0 Å². The average molecular weight is 386 g/mol. The van der Waals surface area contributed by atoms with E-state index in [4.69, 9.17) is 0 Å². The van der Waals surface area contributed by atoms with E-state index in [1.54, 1.807) is 12.4 Å². The molecule has 3 aromatic rings. The normalized spacial score (nSPS) is 16.2. The van der Waals surface area contributed by atoms with Crippen molar-refractivity contribution in [1.82, 2.24) is 9.88 Å². The topological polar surface area (TPSA) is 48.5 Å². The van der Waals surface area contributed by atoms with Crippen LogP contribution < -0.4 is 10.2 Å². The maximum Gasteiger partial charge on any atom is 0.257 e. The van der Waals surface area contributed by atoms with Gasteiger partial charge in [0, 0.05) is 48.5 Å². The summed E-state index contributed by atoms with van der Waals surface area (Å²) in [4.78, 5) is 21.6. The Balaban J connectivity index is 1.43. The molecule has 1 saturated heterocycles. The summed E-state index contributed by atoms with van der Waals surface area (Å²) in [6.45, 7) is 2.10. The van der Waals surface area contributed by atoms with Crippen LogP contribution in [0.15, 0.2) is 73.1 Å². The third-order valence-corrected chi connectivity index (χ3v) is 5.49. The summed E-state index contributed by atoms with van der Waals surface area (Å²) in [6, 6.07) is 20.5. The Morgan fingerprint density at radius 2 is 1.79 bits per heavy atom. The van der Waals surface area contributed by atoms with Crippen LogP contribution in [0.5, 0.6) is 0 Å². The number of aromatic nitrogens is 1. The van der Waals surface area contributed by atoms with E-state index in [0.29, 0.717) is 11.6 Å². The lowest BCUT2D eigenvalue weighted by molar-refractivity contribution is 0.102. The lowest BCUT2D eigenvalue weighted by Crippen LogP contribution is -2.31. The van der Waals surface area contributed by atoms with E-state index in [-0.39, 0.29) is 5.91 Å². The Morgan fingerprint density at radius 1 is 1.03 bits per heavy atom. The molecule has 0 aliphatic carbocycles. The Hall–Kier alpha value is -3.18. The van der Waals surface area contributed by atoms with Crippen LogP contribution in [0.25, 0.3) is 11.1 Å². The van der Waals surface area contributed by atoms with Gasteiger partial charge in [-0.25, -0.2) is 0 Å². The van der Waals surface area contributed by atoms with Crippen LogP contribution in [0.4, 0.5) is 11.4 Å². The highest BCUT2D eigenvalue weighted by molar-refractivity contribution is 6.04. The molecule has 148 valence electrons. The number of rotatable bonds is 5. The van der Waals surface area contributed by atoms with Crippen molar-refractivity contribution in [2.45, 2.75) is 12.5 Å². The zero-order valence-corrected chi connectivity index (χ0v) is 16.9. The fourth-order valence-corrected chi connectivity index (χ4v) is 3.71. The van der Waals surface area contributed by atoms with E-state index < -0.39 is 0 Å². The van der Waals surface area contributed by atoms with Crippen LogP contribution in [0.1, 0.15) is 16.8 Å². The van der Waals surface area contributed by atoms with Crippen molar-refractivity contribution in [1.29, 1.82) is 0 Å². The van der Waals surface area contributed by atoms with Crippen molar-refractivity contribution in [3.63, 3.8) is 0 Å². The van der Waals surface area contributed by atoms with Gasteiger partial charge in [-0.2, -0.15) is 0 Å². The molecule has 0 saturated carbocycles. The molecular formula is C24H26N4O. The third-order valence-electron chi connectivity index (χ3n) is 5.49. The van der Waals surface area contributed by atoms with Gasteiger partial charge in [-0.15, -0.1) is 0 Å². The van der Waals surface area contributed by atoms with Crippen molar-refractivity contribution in [2.75, 3.05) is 37.4 Å². The van der Waals surface area contributed by atoms with Gasteiger partial charge in [0.2, 0.25) is 0 Å². The third kappa shape index (κ3) is 4.46. The number of carbonyl (C=O) groups is 1. The second kappa shape index (κ2) is 8.45. The lowest BCUT2D eigenvalue weighted by atomic mass is 10.1. The highest BCUT2D eigenvalue weighted by Crippen LogP contribution is 2.24. The van der Waals surface area contributed by atoms with Crippen molar-refractivity contribution >= 4 is 17.3 Å². The highest BCUT2D eigenvalue weighted by Gasteiger charge is 2.24. The molecule has 0 spiro atoms. The molecule has 0 radical (unpaired) electrons. The summed E-state index contributed by atoms with van der Waals surface area (Å²) >= 11 is 0. The number of nitrogens with zero attached hydrogens (tertiary/aromatic N) is 3. The molecule has 2 aromatic carbocycles. The minimum Gasteiger partial charge on any atom is -0.370 e. The molecule has 1 aliphatic heterocycles. The lowest BCUT2D eigenvalue weighted by Gasteiger charge is -2.22. The molecule has 1 N–H and O–H groups in total. The number of amides is 1. The first-order chi connectivity index (χ1) is 14.1. The molecule has 0 bridgehead atoms. The fraction of sp³-hybridized carbons (Fsp3) is 0.250. The minimum absolute atomic E-state index is 0.156. The second-order valence-electron chi connectivity index (χ2n) is 7.68. The van der Waals surface area contributed by atoms with E-state index in [1.165, 1.54) is 12.1 Å². The van der Waals surface area contributed by atoms with Gasteiger partial charge in [-0.1, -0.05) is 30.3 Å². The summed E-state index contributed by atoms with van der Waals surface area (Å²) < 4.78 is 0. The number of carbonyl (C=O) groups excluding carboxylic acids is 1. The maximum absolute atomic E-state index is 12.7. The molecule has 5 nitrogen and oxygen atoms in total. The van der Waals surface area contributed by atoms with Gasteiger partial charge >= 0.3 is 0 Å². The molecule has 1 aromatic heterocycles. The highest BCUT2D eigenvalue weighted by atomic mass is 16.1. The molecule has 1 unspecified atom stereocenters. The number of pyridine rings is 1. The van der Waals surface area contributed by atoms with Gasteiger partial charge in [-0.05, 0) is 56.4 Å². The molecule has 2 heterocycles. The first-order valence-corrected chi connectivity index (χ1v) is 9.93. The SMILES string of the molecule is CN(C)C1CCN(c2ccc(NC(=O)c3cncc(-c4ccccc4)c3)cc2)C1. The van der Waals surface area contributed by atoms with Crippen LogP contribution in [-0.2, 0) is 0 Å². The summed E-state index contributed by atoms with van der Waals surface area (Å²) in [5, 5.41) is 2.98. The summed E-state index contributed by atoms with van der Waals surface area (Å²) in [5.74, 6) is -0.156. The zero-order valence-electron chi connectivity index (χ0n) is 16.9. The summed E-state index contributed by atoms with van der Waals surface area (Å²) in [7, 11) is 4.27. The molecule has 1 fully saturated rings. The van der Waals surface area contributed by atoms with Gasteiger partial charge in [-0.3, -0.25) is 9.78 Å². The standard InChI is InChI=1S/C24H26N4O/c1-27(2)23-12-13-28(17-23)22-10-8-21(9-11-22)26-24(29)20-14-19(15-25-16-20)18-6-4-3-5-7-18/h3-11,14-16,23H,12-13,17H2,1-2H3,(H,26,29). The summed E-state index contributed by atoms with van der Waals surface area (Å²) in [5.41, 5.74) is 4.50. The first-order valence-electron chi connectivity index (χ1n) is 9.93. The largest absolute Gasteiger partial charge is 0.370 e. The Kier molecular flexibility index (Phi) is 5.58. The maximum atomic E-state index is 12.7. The monoisotopic (exact) mass is 386 g/mol. The Morgan fingerprint density at radius 3 is 2.48 bits per heavy atom. The van der Waals surface area contributed by atoms with Crippen LogP contribution in [0.3, 0.4) is 0 Å². The molecule has 4 rings (SSSR count). The molecule has 29 heavy (non-hydrogen) atoms. The zero-order chi connectivity index (χ0) is 20.2. The van der Waals surface area contributed by atoms with Crippen molar-refractivity contribution in [3.8, 4) is 11.1 Å². The number of anilines is 2. The smallest absolute Gasteiger partial charge is 0.257 e. The Labute approximate surface area is 172 Å². The number of likely N-dealkylation sites (N-methyl/N-ethyl adjacent to an activating group) is 1. The van der Waals surface area contributed by atoms with Crippen molar-refractivity contribution < 1.29 is 4.79 Å². The van der Waals surface area contributed by atoms with Gasteiger partial charge in [0.15, 0.2) is 0 Å². The van der Waals surface area contributed by atoms with E-state index in [0.717, 1.165) is 29.9 Å². The number of nitrogens with one attached hydrogen (secondary N) is 1. The van der Waals surface area contributed by atoms with E-state index in [1.807, 2.05) is 48.5 Å². The summed E-state index contributed by atoms with van der Waals surface area (Å²) in [6.07, 6.45) is 4.55. The van der Waals surface area contributed by atoms with Crippen LogP contribution in [0.2, 0.25) is 0 Å². The second-order valence-corrected chi connectivity index (χ2v) is 7.68. The van der Waals surface area contributed by atoms with Gasteiger partial charge in [0.1, 0.15) is 0 Å². The first kappa shape index (κ1) is 19.2.